The van der Waals surface area contributed by atoms with Gasteiger partial charge < -0.3 is 11.5 Å². The SMILES string of the molecule is CS(=O)(=O)c1cccc(Cc2nc(N)nc(N)c2C(F)(F)F)c1. The number of halogens is 3. The third-order valence-corrected chi connectivity index (χ3v) is 4.12. The third-order valence-electron chi connectivity index (χ3n) is 3.01. The van der Waals surface area contributed by atoms with Gasteiger partial charge in [0, 0.05) is 12.7 Å². The molecular formula is C13H13F3N4O2S. The number of benzene rings is 1. The van der Waals surface area contributed by atoms with Crippen molar-refractivity contribution in [2.24, 2.45) is 0 Å². The van der Waals surface area contributed by atoms with Crippen molar-refractivity contribution in [3.8, 4) is 0 Å². The van der Waals surface area contributed by atoms with Crippen LogP contribution >= 0.6 is 0 Å². The zero-order valence-electron chi connectivity index (χ0n) is 11.9. The van der Waals surface area contributed by atoms with Crippen LogP contribution in [-0.4, -0.2) is 24.6 Å². The molecule has 1 aromatic heterocycles. The highest BCUT2D eigenvalue weighted by atomic mass is 32.2. The van der Waals surface area contributed by atoms with Crippen molar-refractivity contribution < 1.29 is 21.6 Å². The second kappa shape index (κ2) is 5.69. The Labute approximate surface area is 130 Å². The van der Waals surface area contributed by atoms with Gasteiger partial charge in [0.1, 0.15) is 11.4 Å². The summed E-state index contributed by atoms with van der Waals surface area (Å²) in [6, 6.07) is 5.56. The van der Waals surface area contributed by atoms with Gasteiger partial charge in [-0.25, -0.2) is 13.4 Å². The highest BCUT2D eigenvalue weighted by Crippen LogP contribution is 2.36. The lowest BCUT2D eigenvalue weighted by Gasteiger charge is -2.14. The fourth-order valence-electron chi connectivity index (χ4n) is 2.06. The van der Waals surface area contributed by atoms with Gasteiger partial charge >= 0.3 is 6.18 Å². The number of hydrogen-bond donors (Lipinski definition) is 2. The molecule has 0 atom stereocenters. The van der Waals surface area contributed by atoms with Crippen molar-refractivity contribution in [2.75, 3.05) is 17.7 Å². The molecule has 0 amide bonds. The molecule has 0 spiro atoms. The summed E-state index contributed by atoms with van der Waals surface area (Å²) in [4.78, 5) is 6.93. The lowest BCUT2D eigenvalue weighted by Crippen LogP contribution is -2.17. The van der Waals surface area contributed by atoms with Crippen LogP contribution in [0, 0.1) is 0 Å². The molecule has 1 heterocycles. The third kappa shape index (κ3) is 3.89. The van der Waals surface area contributed by atoms with Crippen LogP contribution in [0.3, 0.4) is 0 Å². The first-order chi connectivity index (χ1) is 10.5. The van der Waals surface area contributed by atoms with E-state index in [1.54, 1.807) is 0 Å². The Hall–Kier alpha value is -2.36. The number of nitrogens with zero attached hydrogens (tertiary/aromatic N) is 2. The largest absolute Gasteiger partial charge is 0.421 e. The maximum Gasteiger partial charge on any atom is 0.421 e. The second-order valence-corrected chi connectivity index (χ2v) is 6.90. The summed E-state index contributed by atoms with van der Waals surface area (Å²) in [6.45, 7) is 0. The van der Waals surface area contributed by atoms with E-state index in [1.807, 2.05) is 0 Å². The molecule has 0 unspecified atom stereocenters. The van der Waals surface area contributed by atoms with Gasteiger partial charge in [-0.1, -0.05) is 12.1 Å². The molecule has 0 saturated heterocycles. The van der Waals surface area contributed by atoms with Gasteiger partial charge in [-0.05, 0) is 17.7 Å². The predicted molar refractivity (Wildman–Crippen MR) is 78.2 cm³/mol. The lowest BCUT2D eigenvalue weighted by atomic mass is 10.1. The smallest absolute Gasteiger partial charge is 0.383 e. The van der Waals surface area contributed by atoms with Gasteiger partial charge in [0.15, 0.2) is 9.84 Å². The minimum Gasteiger partial charge on any atom is -0.383 e. The maximum atomic E-state index is 13.1. The molecule has 0 bridgehead atoms. The Morgan fingerprint density at radius 1 is 1.17 bits per heavy atom. The number of alkyl halides is 3. The molecule has 0 aliphatic rings. The van der Waals surface area contributed by atoms with Crippen LogP contribution in [0.4, 0.5) is 24.9 Å². The molecule has 4 N–H and O–H groups in total. The number of nitrogen functional groups attached to an aromatic ring is 2. The molecule has 0 radical (unpaired) electrons. The monoisotopic (exact) mass is 346 g/mol. The van der Waals surface area contributed by atoms with Crippen molar-refractivity contribution in [3.63, 3.8) is 0 Å². The first-order valence-electron chi connectivity index (χ1n) is 6.26. The average Bonchev–Trinajstić information content (AvgIpc) is 2.35. The van der Waals surface area contributed by atoms with Crippen LogP contribution in [0.1, 0.15) is 16.8 Å². The molecular weight excluding hydrogens is 333 g/mol. The van der Waals surface area contributed by atoms with Crippen LogP contribution in [0.25, 0.3) is 0 Å². The number of sulfone groups is 1. The molecule has 0 aliphatic heterocycles. The average molecular weight is 346 g/mol. The van der Waals surface area contributed by atoms with E-state index < -0.39 is 33.1 Å². The van der Waals surface area contributed by atoms with Gasteiger partial charge in [-0.3, -0.25) is 0 Å². The highest BCUT2D eigenvalue weighted by molar-refractivity contribution is 7.90. The maximum absolute atomic E-state index is 13.1. The van der Waals surface area contributed by atoms with Gasteiger partial charge in [0.25, 0.3) is 0 Å². The Balaban J connectivity index is 2.53. The summed E-state index contributed by atoms with van der Waals surface area (Å²) in [5.74, 6) is -1.15. The standard InChI is InChI=1S/C13H13F3N4O2S/c1-23(21,22)8-4-2-3-7(5-8)6-9-10(13(14,15)16)11(17)20-12(18)19-9/h2-5H,6H2,1H3,(H4,17,18,19,20). The van der Waals surface area contributed by atoms with E-state index in [-0.39, 0.29) is 17.3 Å². The van der Waals surface area contributed by atoms with E-state index in [1.165, 1.54) is 24.3 Å². The van der Waals surface area contributed by atoms with E-state index in [4.69, 9.17) is 11.5 Å². The Kier molecular flexibility index (Phi) is 4.20. The van der Waals surface area contributed by atoms with Crippen LogP contribution in [0.2, 0.25) is 0 Å². The summed E-state index contributed by atoms with van der Waals surface area (Å²) < 4.78 is 62.4. The predicted octanol–water partition coefficient (Wildman–Crippen LogP) is 1.65. The minimum absolute atomic E-state index is 0.00133. The van der Waals surface area contributed by atoms with Crippen LogP contribution in [0.15, 0.2) is 29.2 Å². The summed E-state index contributed by atoms with van der Waals surface area (Å²) >= 11 is 0. The Morgan fingerprint density at radius 3 is 2.39 bits per heavy atom. The zero-order chi connectivity index (χ0) is 17.4. The molecule has 124 valence electrons. The van der Waals surface area contributed by atoms with E-state index in [0.717, 1.165) is 6.26 Å². The second-order valence-electron chi connectivity index (χ2n) is 4.88. The van der Waals surface area contributed by atoms with Crippen molar-refractivity contribution in [3.05, 3.63) is 41.1 Å². The molecule has 10 heteroatoms. The summed E-state index contributed by atoms with van der Waals surface area (Å²) in [5, 5.41) is 0. The molecule has 0 aliphatic carbocycles. The lowest BCUT2D eigenvalue weighted by molar-refractivity contribution is -0.137. The van der Waals surface area contributed by atoms with E-state index in [2.05, 4.69) is 9.97 Å². The van der Waals surface area contributed by atoms with E-state index in [9.17, 15) is 21.6 Å². The van der Waals surface area contributed by atoms with E-state index in [0.29, 0.717) is 5.56 Å². The molecule has 6 nitrogen and oxygen atoms in total. The summed E-state index contributed by atoms with van der Waals surface area (Å²) in [6.07, 6.45) is -4.02. The first kappa shape index (κ1) is 17.0. The molecule has 1 aromatic carbocycles. The van der Waals surface area contributed by atoms with E-state index >= 15 is 0 Å². The molecule has 2 aromatic rings. The number of hydrogen-bond acceptors (Lipinski definition) is 6. The van der Waals surface area contributed by atoms with Crippen LogP contribution in [-0.2, 0) is 22.4 Å². The summed E-state index contributed by atoms with van der Waals surface area (Å²) in [7, 11) is -3.48. The minimum atomic E-state index is -4.75. The normalized spacial score (nSPS) is 12.3. The van der Waals surface area contributed by atoms with Gasteiger partial charge in [0.05, 0.1) is 10.6 Å². The quantitative estimate of drug-likeness (QED) is 0.874. The number of nitrogens with two attached hydrogens (primary N) is 2. The van der Waals surface area contributed by atoms with Gasteiger partial charge in [0.2, 0.25) is 5.95 Å². The van der Waals surface area contributed by atoms with Gasteiger partial charge in [-0.15, -0.1) is 0 Å². The van der Waals surface area contributed by atoms with Crippen molar-refractivity contribution in [1.82, 2.24) is 9.97 Å². The molecule has 0 fully saturated rings. The van der Waals surface area contributed by atoms with Crippen molar-refractivity contribution in [1.29, 1.82) is 0 Å². The fraction of sp³-hybridized carbons (Fsp3) is 0.231. The number of aromatic nitrogens is 2. The van der Waals surface area contributed by atoms with Crippen molar-refractivity contribution >= 4 is 21.6 Å². The topological polar surface area (TPSA) is 112 Å². The van der Waals surface area contributed by atoms with Crippen LogP contribution in [0.5, 0.6) is 0 Å². The number of anilines is 2. The number of rotatable bonds is 3. The Morgan fingerprint density at radius 2 is 1.83 bits per heavy atom. The molecule has 0 saturated carbocycles. The molecule has 23 heavy (non-hydrogen) atoms. The van der Waals surface area contributed by atoms with Crippen molar-refractivity contribution in [2.45, 2.75) is 17.5 Å². The first-order valence-corrected chi connectivity index (χ1v) is 8.15. The van der Waals surface area contributed by atoms with Crippen LogP contribution < -0.4 is 11.5 Å². The fourth-order valence-corrected chi connectivity index (χ4v) is 2.75. The summed E-state index contributed by atoms with van der Waals surface area (Å²) in [5.41, 5.74) is 9.42. The highest BCUT2D eigenvalue weighted by Gasteiger charge is 2.37. The molecule has 2 rings (SSSR count). The zero-order valence-corrected chi connectivity index (χ0v) is 12.7. The van der Waals surface area contributed by atoms with Gasteiger partial charge in [-0.2, -0.15) is 18.2 Å². The Bertz CT molecular complexity index is 851.